The van der Waals surface area contributed by atoms with Gasteiger partial charge in [-0.2, -0.15) is 5.10 Å². The first kappa shape index (κ1) is 15.8. The molecule has 0 aliphatic carbocycles. The van der Waals surface area contributed by atoms with Crippen LogP contribution in [0.1, 0.15) is 18.9 Å². The maximum atomic E-state index is 11.3. The number of hydrogen-bond acceptors (Lipinski definition) is 8. The lowest BCUT2D eigenvalue weighted by molar-refractivity contribution is -0.134. The van der Waals surface area contributed by atoms with Crippen molar-refractivity contribution in [1.29, 1.82) is 0 Å². The number of nitrogens with two attached hydrogens (primary N) is 1. The Kier molecular flexibility index (Phi) is 5.31. The van der Waals surface area contributed by atoms with E-state index in [4.69, 9.17) is 15.2 Å². The molecule has 2 rings (SSSR count). The maximum absolute atomic E-state index is 11.3. The number of nitrogen functional groups attached to an aromatic ring is 1. The summed E-state index contributed by atoms with van der Waals surface area (Å²) >= 11 is 1.36. The molecular formula is C14H16N4O3S. The standard InChI is InChI=1S/C14H16N4O3S/c1-3-13(19)21-10-5-4-9(6-11(10)20-2)7-16-18-14-17-12(15)8-22-14/h4-8H,3,15H2,1-2H3,(H,17,18). The maximum Gasteiger partial charge on any atom is 0.311 e. The van der Waals surface area contributed by atoms with E-state index < -0.39 is 0 Å². The van der Waals surface area contributed by atoms with Gasteiger partial charge in [0, 0.05) is 11.8 Å². The first-order valence-corrected chi connectivity index (χ1v) is 7.39. The Labute approximate surface area is 131 Å². The number of methoxy groups -OCH3 is 1. The highest BCUT2D eigenvalue weighted by Gasteiger charge is 2.08. The van der Waals surface area contributed by atoms with Crippen molar-refractivity contribution in [1.82, 2.24) is 4.98 Å². The Morgan fingerprint density at radius 2 is 2.32 bits per heavy atom. The number of ether oxygens (including phenoxy) is 2. The molecule has 22 heavy (non-hydrogen) atoms. The quantitative estimate of drug-likeness (QED) is 0.367. The molecule has 0 atom stereocenters. The number of benzene rings is 1. The van der Waals surface area contributed by atoms with Gasteiger partial charge in [0.15, 0.2) is 11.5 Å². The van der Waals surface area contributed by atoms with Crippen molar-refractivity contribution in [3.8, 4) is 11.5 Å². The van der Waals surface area contributed by atoms with Crippen LogP contribution in [-0.4, -0.2) is 24.3 Å². The summed E-state index contributed by atoms with van der Waals surface area (Å²) in [5, 5.41) is 6.39. The zero-order valence-electron chi connectivity index (χ0n) is 12.2. The number of nitrogens with zero attached hydrogens (tertiary/aromatic N) is 2. The van der Waals surface area contributed by atoms with Crippen molar-refractivity contribution < 1.29 is 14.3 Å². The van der Waals surface area contributed by atoms with Gasteiger partial charge < -0.3 is 15.2 Å². The zero-order valence-corrected chi connectivity index (χ0v) is 13.0. The third kappa shape index (κ3) is 4.19. The van der Waals surface area contributed by atoms with E-state index in [1.807, 2.05) is 0 Å². The van der Waals surface area contributed by atoms with Gasteiger partial charge in [0.25, 0.3) is 0 Å². The van der Waals surface area contributed by atoms with Crippen molar-refractivity contribution in [2.24, 2.45) is 5.10 Å². The van der Waals surface area contributed by atoms with Crippen LogP contribution in [0.25, 0.3) is 0 Å². The lowest BCUT2D eigenvalue weighted by Gasteiger charge is -2.09. The number of nitrogens with one attached hydrogen (secondary N) is 1. The molecule has 0 bridgehead atoms. The average Bonchev–Trinajstić information content (AvgIpc) is 2.93. The van der Waals surface area contributed by atoms with Crippen LogP contribution in [0.3, 0.4) is 0 Å². The molecule has 0 saturated heterocycles. The number of carbonyl (C=O) groups excluding carboxylic acids is 1. The van der Waals surface area contributed by atoms with Crippen LogP contribution in [-0.2, 0) is 4.79 Å². The van der Waals surface area contributed by atoms with E-state index in [0.29, 0.717) is 28.9 Å². The van der Waals surface area contributed by atoms with E-state index in [1.165, 1.54) is 18.4 Å². The Hall–Kier alpha value is -2.61. The van der Waals surface area contributed by atoms with Gasteiger partial charge in [-0.25, -0.2) is 4.98 Å². The molecule has 0 fully saturated rings. The first-order chi connectivity index (χ1) is 10.6. The van der Waals surface area contributed by atoms with E-state index in [1.54, 1.807) is 36.7 Å². The van der Waals surface area contributed by atoms with Crippen LogP contribution >= 0.6 is 11.3 Å². The van der Waals surface area contributed by atoms with Gasteiger partial charge in [0.2, 0.25) is 5.13 Å². The molecule has 116 valence electrons. The van der Waals surface area contributed by atoms with E-state index in [0.717, 1.165) is 5.56 Å². The Balaban J connectivity index is 2.06. The third-order valence-corrected chi connectivity index (χ3v) is 3.36. The summed E-state index contributed by atoms with van der Waals surface area (Å²) in [5.74, 6) is 0.977. The Morgan fingerprint density at radius 1 is 1.50 bits per heavy atom. The van der Waals surface area contributed by atoms with E-state index in [-0.39, 0.29) is 5.97 Å². The highest BCUT2D eigenvalue weighted by atomic mass is 32.1. The Morgan fingerprint density at radius 3 is 2.95 bits per heavy atom. The minimum atomic E-state index is -0.317. The molecule has 3 N–H and O–H groups in total. The monoisotopic (exact) mass is 320 g/mol. The molecule has 0 unspecified atom stereocenters. The number of esters is 1. The van der Waals surface area contributed by atoms with E-state index in [9.17, 15) is 4.79 Å². The third-order valence-electron chi connectivity index (χ3n) is 2.60. The van der Waals surface area contributed by atoms with Crippen LogP contribution < -0.4 is 20.6 Å². The van der Waals surface area contributed by atoms with Crippen LogP contribution in [0.5, 0.6) is 11.5 Å². The minimum Gasteiger partial charge on any atom is -0.493 e. The number of thiazole rings is 1. The van der Waals surface area contributed by atoms with Crippen LogP contribution in [0.4, 0.5) is 10.9 Å². The lowest BCUT2D eigenvalue weighted by Crippen LogP contribution is -2.06. The molecular weight excluding hydrogens is 304 g/mol. The average molecular weight is 320 g/mol. The van der Waals surface area contributed by atoms with Gasteiger partial charge in [-0.3, -0.25) is 10.2 Å². The molecule has 0 amide bonds. The molecule has 0 saturated carbocycles. The van der Waals surface area contributed by atoms with Crippen molar-refractivity contribution in [3.63, 3.8) is 0 Å². The van der Waals surface area contributed by atoms with Crippen molar-refractivity contribution in [2.45, 2.75) is 13.3 Å². The van der Waals surface area contributed by atoms with Crippen LogP contribution in [0.15, 0.2) is 28.7 Å². The molecule has 7 nitrogen and oxygen atoms in total. The number of anilines is 2. The number of hydrazone groups is 1. The molecule has 0 aliphatic heterocycles. The van der Waals surface area contributed by atoms with Crippen molar-refractivity contribution in [3.05, 3.63) is 29.1 Å². The van der Waals surface area contributed by atoms with Gasteiger partial charge in [-0.1, -0.05) is 6.92 Å². The van der Waals surface area contributed by atoms with Crippen molar-refractivity contribution in [2.75, 3.05) is 18.3 Å². The van der Waals surface area contributed by atoms with Gasteiger partial charge in [0.05, 0.1) is 13.3 Å². The largest absolute Gasteiger partial charge is 0.493 e. The fourth-order valence-corrected chi connectivity index (χ4v) is 2.09. The molecule has 0 radical (unpaired) electrons. The lowest BCUT2D eigenvalue weighted by atomic mass is 10.2. The molecule has 1 aromatic carbocycles. The molecule has 2 aromatic rings. The summed E-state index contributed by atoms with van der Waals surface area (Å²) in [6.45, 7) is 1.73. The number of carbonyl (C=O) groups is 1. The second kappa shape index (κ2) is 7.41. The normalized spacial score (nSPS) is 10.6. The second-order valence-corrected chi connectivity index (χ2v) is 5.04. The molecule has 8 heteroatoms. The van der Waals surface area contributed by atoms with Gasteiger partial charge in [-0.15, -0.1) is 11.3 Å². The summed E-state index contributed by atoms with van der Waals surface area (Å²) in [6, 6.07) is 5.15. The number of hydrogen-bond donors (Lipinski definition) is 2. The van der Waals surface area contributed by atoms with E-state index >= 15 is 0 Å². The summed E-state index contributed by atoms with van der Waals surface area (Å²) in [6.07, 6.45) is 1.90. The summed E-state index contributed by atoms with van der Waals surface area (Å²) < 4.78 is 10.4. The number of aromatic nitrogens is 1. The van der Waals surface area contributed by atoms with Crippen molar-refractivity contribution >= 4 is 34.5 Å². The molecule has 0 spiro atoms. The second-order valence-electron chi connectivity index (χ2n) is 4.19. The number of rotatable bonds is 6. The summed E-state index contributed by atoms with van der Waals surface area (Å²) in [5.41, 5.74) is 9.08. The molecule has 0 aliphatic rings. The highest BCUT2D eigenvalue weighted by molar-refractivity contribution is 7.14. The summed E-state index contributed by atoms with van der Waals surface area (Å²) in [4.78, 5) is 15.4. The van der Waals surface area contributed by atoms with Gasteiger partial charge in [-0.05, 0) is 23.8 Å². The van der Waals surface area contributed by atoms with Crippen LogP contribution in [0, 0.1) is 0 Å². The summed E-state index contributed by atoms with van der Waals surface area (Å²) in [7, 11) is 1.51. The fourth-order valence-electron chi connectivity index (χ4n) is 1.54. The smallest absolute Gasteiger partial charge is 0.311 e. The fraction of sp³-hybridized carbons (Fsp3) is 0.214. The van der Waals surface area contributed by atoms with Crippen LogP contribution in [0.2, 0.25) is 0 Å². The predicted octanol–water partition coefficient (Wildman–Crippen LogP) is 2.50. The Bertz CT molecular complexity index is 684. The highest BCUT2D eigenvalue weighted by Crippen LogP contribution is 2.28. The van der Waals surface area contributed by atoms with Gasteiger partial charge >= 0.3 is 5.97 Å². The molecule has 1 aromatic heterocycles. The topological polar surface area (TPSA) is 98.8 Å². The SMILES string of the molecule is CCC(=O)Oc1ccc(C=NNc2nc(N)cs2)cc1OC. The first-order valence-electron chi connectivity index (χ1n) is 6.51. The molecule has 1 heterocycles. The minimum absolute atomic E-state index is 0.299. The zero-order chi connectivity index (χ0) is 15.9. The predicted molar refractivity (Wildman–Crippen MR) is 86.7 cm³/mol. The van der Waals surface area contributed by atoms with Gasteiger partial charge in [0.1, 0.15) is 5.82 Å². The van der Waals surface area contributed by atoms with E-state index in [2.05, 4.69) is 15.5 Å².